The highest BCUT2D eigenvalue weighted by Crippen LogP contribution is 2.08. The first-order valence-corrected chi connectivity index (χ1v) is 6.48. The molecule has 0 aromatic rings. The minimum atomic E-state index is -1.83. The van der Waals surface area contributed by atoms with Gasteiger partial charge in [-0.2, -0.15) is 0 Å². The van der Waals surface area contributed by atoms with Gasteiger partial charge in [0.25, 0.3) is 0 Å². The summed E-state index contributed by atoms with van der Waals surface area (Å²) in [5.41, 5.74) is 10.4. The molecule has 0 radical (unpaired) electrons. The summed E-state index contributed by atoms with van der Waals surface area (Å²) in [6.07, 6.45) is 8.71. The average molecular weight is 261 g/mol. The molecule has 0 heterocycles. The second kappa shape index (κ2) is 15.5. The summed E-state index contributed by atoms with van der Waals surface area (Å²) in [7, 11) is 0. The maximum Gasteiger partial charge on any atom is 0.503 e. The number of hydrogen-bond donors (Lipinski definition) is 4. The van der Waals surface area contributed by atoms with Crippen LogP contribution < -0.4 is 11.5 Å². The number of aliphatic imine (C=N–C) groups is 1. The molecule has 0 saturated heterocycles. The Morgan fingerprint density at radius 1 is 0.944 bits per heavy atom. The van der Waals surface area contributed by atoms with E-state index in [0.29, 0.717) is 0 Å². The molecule has 0 bridgehead atoms. The minimum absolute atomic E-state index is 0.216. The van der Waals surface area contributed by atoms with Crippen LogP contribution in [0.4, 0.5) is 4.79 Å². The molecule has 0 spiro atoms. The SMILES string of the molecule is CCCCCCCCCCN=C(N)N.O=C(O)O. The van der Waals surface area contributed by atoms with Crippen LogP contribution in [0.5, 0.6) is 0 Å². The molecule has 18 heavy (non-hydrogen) atoms. The fraction of sp³-hybridized carbons (Fsp3) is 0.833. The van der Waals surface area contributed by atoms with Gasteiger partial charge in [0, 0.05) is 6.54 Å². The summed E-state index contributed by atoms with van der Waals surface area (Å²) in [6, 6.07) is 0. The standard InChI is InChI=1S/C11H25N3.CH2O3/c1-2-3-4-5-6-7-8-9-10-14-11(12)13;2-1(3)4/h2-10H2,1H3,(H4,12,13,14);(H2,2,3,4). The topological polar surface area (TPSA) is 122 Å². The van der Waals surface area contributed by atoms with Crippen LogP contribution in [-0.2, 0) is 0 Å². The average Bonchev–Trinajstić information content (AvgIpc) is 2.26. The molecule has 0 aromatic heterocycles. The lowest BCUT2D eigenvalue weighted by Gasteiger charge is -1.99. The van der Waals surface area contributed by atoms with Crippen LogP contribution in [0.1, 0.15) is 58.3 Å². The number of unbranched alkanes of at least 4 members (excludes halogenated alkanes) is 7. The smallest absolute Gasteiger partial charge is 0.450 e. The number of guanidine groups is 1. The first-order valence-electron chi connectivity index (χ1n) is 6.48. The van der Waals surface area contributed by atoms with E-state index < -0.39 is 6.16 Å². The Balaban J connectivity index is 0. The van der Waals surface area contributed by atoms with Crippen molar-refractivity contribution in [3.8, 4) is 0 Å². The Morgan fingerprint density at radius 2 is 1.33 bits per heavy atom. The van der Waals surface area contributed by atoms with E-state index in [1.807, 2.05) is 0 Å². The molecule has 0 aliphatic heterocycles. The first-order chi connectivity index (χ1) is 8.50. The monoisotopic (exact) mass is 261 g/mol. The zero-order valence-corrected chi connectivity index (χ0v) is 11.3. The molecule has 0 amide bonds. The maximum absolute atomic E-state index is 8.56. The number of rotatable bonds is 9. The summed E-state index contributed by atoms with van der Waals surface area (Å²) in [4.78, 5) is 12.5. The fourth-order valence-electron chi connectivity index (χ4n) is 1.45. The van der Waals surface area contributed by atoms with Crippen LogP contribution in [0.3, 0.4) is 0 Å². The molecule has 0 aliphatic rings. The molecule has 0 rings (SSSR count). The number of nitrogens with zero attached hydrogens (tertiary/aromatic N) is 1. The van der Waals surface area contributed by atoms with Crippen molar-refractivity contribution in [2.75, 3.05) is 6.54 Å². The second-order valence-corrected chi connectivity index (χ2v) is 4.06. The molecule has 108 valence electrons. The highest BCUT2D eigenvalue weighted by atomic mass is 16.6. The van der Waals surface area contributed by atoms with Gasteiger partial charge in [0.05, 0.1) is 0 Å². The predicted molar refractivity (Wildman–Crippen MR) is 73.9 cm³/mol. The quantitative estimate of drug-likeness (QED) is 0.289. The van der Waals surface area contributed by atoms with Gasteiger partial charge in [-0.15, -0.1) is 0 Å². The molecule has 0 aromatic carbocycles. The number of hydrogen-bond acceptors (Lipinski definition) is 2. The predicted octanol–water partition coefficient (Wildman–Crippen LogP) is 2.62. The third-order valence-corrected chi connectivity index (χ3v) is 2.31. The molecule has 0 saturated carbocycles. The summed E-state index contributed by atoms with van der Waals surface area (Å²) >= 11 is 0. The normalized spacial score (nSPS) is 9.17. The van der Waals surface area contributed by atoms with E-state index in [0.717, 1.165) is 13.0 Å². The van der Waals surface area contributed by atoms with Gasteiger partial charge in [-0.25, -0.2) is 4.79 Å². The van der Waals surface area contributed by atoms with Gasteiger partial charge in [-0.1, -0.05) is 51.9 Å². The molecule has 6 nitrogen and oxygen atoms in total. The van der Waals surface area contributed by atoms with Gasteiger partial charge >= 0.3 is 6.16 Å². The van der Waals surface area contributed by atoms with Gasteiger partial charge < -0.3 is 21.7 Å². The second-order valence-electron chi connectivity index (χ2n) is 4.06. The Morgan fingerprint density at radius 3 is 1.72 bits per heavy atom. The molecule has 0 atom stereocenters. The van der Waals surface area contributed by atoms with Crippen molar-refractivity contribution in [2.24, 2.45) is 16.5 Å². The van der Waals surface area contributed by atoms with Crippen molar-refractivity contribution in [3.05, 3.63) is 0 Å². The minimum Gasteiger partial charge on any atom is -0.450 e. The lowest BCUT2D eigenvalue weighted by molar-refractivity contribution is 0.137. The zero-order valence-electron chi connectivity index (χ0n) is 11.3. The van der Waals surface area contributed by atoms with E-state index in [1.165, 1.54) is 44.9 Å². The van der Waals surface area contributed by atoms with Gasteiger partial charge in [0.2, 0.25) is 0 Å². The van der Waals surface area contributed by atoms with Gasteiger partial charge in [-0.3, -0.25) is 4.99 Å². The summed E-state index contributed by atoms with van der Waals surface area (Å²) in [5.74, 6) is 0.216. The largest absolute Gasteiger partial charge is 0.503 e. The molecule has 0 aliphatic carbocycles. The molecule has 0 fully saturated rings. The van der Waals surface area contributed by atoms with E-state index in [9.17, 15) is 0 Å². The van der Waals surface area contributed by atoms with E-state index in [4.69, 9.17) is 26.5 Å². The van der Waals surface area contributed by atoms with Gasteiger partial charge in [0.15, 0.2) is 5.96 Å². The lowest BCUT2D eigenvalue weighted by atomic mass is 10.1. The number of carbonyl (C=O) groups is 1. The van der Waals surface area contributed by atoms with E-state index in [1.54, 1.807) is 0 Å². The van der Waals surface area contributed by atoms with E-state index in [2.05, 4.69) is 11.9 Å². The Kier molecular flexibility index (Phi) is 16.3. The van der Waals surface area contributed by atoms with Crippen LogP contribution in [0.2, 0.25) is 0 Å². The summed E-state index contributed by atoms with van der Waals surface area (Å²) < 4.78 is 0. The third kappa shape index (κ3) is 29.3. The first kappa shape index (κ1) is 18.9. The Labute approximate surface area is 109 Å². The highest BCUT2D eigenvalue weighted by molar-refractivity contribution is 5.75. The van der Waals surface area contributed by atoms with Crippen molar-refractivity contribution < 1.29 is 15.0 Å². The number of carboxylic acid groups (broad SMARTS) is 2. The molecular weight excluding hydrogens is 234 g/mol. The van der Waals surface area contributed by atoms with Crippen molar-refractivity contribution in [2.45, 2.75) is 58.3 Å². The van der Waals surface area contributed by atoms with Gasteiger partial charge in [-0.05, 0) is 6.42 Å². The van der Waals surface area contributed by atoms with Crippen LogP contribution in [0.15, 0.2) is 4.99 Å². The highest BCUT2D eigenvalue weighted by Gasteiger charge is 1.90. The molecule has 0 unspecified atom stereocenters. The van der Waals surface area contributed by atoms with Crippen molar-refractivity contribution in [1.29, 1.82) is 0 Å². The van der Waals surface area contributed by atoms with Crippen LogP contribution in [0.25, 0.3) is 0 Å². The molecule has 6 N–H and O–H groups in total. The van der Waals surface area contributed by atoms with Crippen molar-refractivity contribution in [3.63, 3.8) is 0 Å². The van der Waals surface area contributed by atoms with E-state index in [-0.39, 0.29) is 5.96 Å². The Hall–Kier alpha value is -1.46. The summed E-state index contributed by atoms with van der Waals surface area (Å²) in [6.45, 7) is 3.03. The number of nitrogens with two attached hydrogens (primary N) is 2. The fourth-order valence-corrected chi connectivity index (χ4v) is 1.45. The van der Waals surface area contributed by atoms with Crippen LogP contribution >= 0.6 is 0 Å². The molecular formula is C12H27N3O3. The van der Waals surface area contributed by atoms with E-state index >= 15 is 0 Å². The molecule has 6 heteroatoms. The van der Waals surface area contributed by atoms with Crippen LogP contribution in [0, 0.1) is 0 Å². The Bertz CT molecular complexity index is 213. The lowest BCUT2D eigenvalue weighted by Crippen LogP contribution is -2.22. The summed E-state index contributed by atoms with van der Waals surface area (Å²) in [5, 5.41) is 13.9. The maximum atomic E-state index is 8.56. The van der Waals surface area contributed by atoms with Crippen molar-refractivity contribution >= 4 is 12.1 Å². The zero-order chi connectivity index (χ0) is 14.2. The third-order valence-electron chi connectivity index (χ3n) is 2.31. The van der Waals surface area contributed by atoms with Crippen LogP contribution in [-0.4, -0.2) is 28.9 Å². The van der Waals surface area contributed by atoms with Crippen molar-refractivity contribution in [1.82, 2.24) is 0 Å². The van der Waals surface area contributed by atoms with Gasteiger partial charge in [0.1, 0.15) is 0 Å².